The fourth-order valence-electron chi connectivity index (χ4n) is 8.16. The Balaban J connectivity index is -0.00000128. The van der Waals surface area contributed by atoms with Crippen LogP contribution in [0.1, 0.15) is 155 Å². The van der Waals surface area contributed by atoms with Crippen LogP contribution >= 0.6 is 129 Å². The number of methoxy groups -OCH3 is 2. The molecule has 1 radical (unpaired) electrons. The lowest BCUT2D eigenvalue weighted by molar-refractivity contribution is -0.275. The van der Waals surface area contributed by atoms with Crippen molar-refractivity contribution in [2.24, 2.45) is 31.9 Å². The van der Waals surface area contributed by atoms with Crippen LogP contribution in [-0.2, 0) is 21.1 Å². The summed E-state index contributed by atoms with van der Waals surface area (Å²) in [6, 6.07) is 16.1. The number of aryl methyl sites for hydroxylation is 10. The van der Waals surface area contributed by atoms with Crippen molar-refractivity contribution in [3.05, 3.63) is 186 Å². The van der Waals surface area contributed by atoms with Gasteiger partial charge in [0.2, 0.25) is 17.3 Å². The van der Waals surface area contributed by atoms with Crippen LogP contribution in [0.4, 0.5) is 26.3 Å². The molecule has 0 fully saturated rings. The Morgan fingerprint density at radius 3 is 1.23 bits per heavy atom. The van der Waals surface area contributed by atoms with Gasteiger partial charge in [0.25, 0.3) is 5.56 Å². The number of ether oxygens (including phenoxy) is 4. The van der Waals surface area contributed by atoms with E-state index >= 15 is 0 Å². The van der Waals surface area contributed by atoms with E-state index < -0.39 is 25.6 Å². The van der Waals surface area contributed by atoms with Crippen LogP contribution in [0, 0.1) is 48.5 Å². The number of hydrogen-bond acceptors (Lipinski definition) is 17. The zero-order chi connectivity index (χ0) is 89.5. The second kappa shape index (κ2) is 61.5. The number of hydrogen-bond donors (Lipinski definition) is 5. The largest absolute Gasteiger partial charge is 0.573 e. The topological polar surface area (TPSA) is 279 Å². The third-order valence-corrected chi connectivity index (χ3v) is 20.5. The van der Waals surface area contributed by atoms with Crippen molar-refractivity contribution in [3.63, 3.8) is 0 Å². The lowest BCUT2D eigenvalue weighted by Gasteiger charge is -2.12. The molecule has 0 aliphatic heterocycles. The molecule has 0 aliphatic rings. The number of pyridine rings is 4. The normalized spacial score (nSPS) is 11.9. The molecule has 0 spiro atoms. The van der Waals surface area contributed by atoms with Gasteiger partial charge in [0.1, 0.15) is 17.2 Å². The molecule has 6 N–H and O–H groups in total. The zero-order valence-electron chi connectivity index (χ0n) is 70.4. The van der Waals surface area contributed by atoms with Crippen molar-refractivity contribution in [2.75, 3.05) is 21.3 Å². The lowest BCUT2D eigenvalue weighted by atomic mass is 9.80. The molecular formula is C81H117B2BrF6I5N12O10. The smallest absolute Gasteiger partial charge is 0.536 e. The standard InChI is InChI=1S/C18H16F3N3O2.C12H15N3O.C11H13N3O.C7H6BF3O3.C7H9BNO3.C5H9BrN2.5C4H9I.CH4/c1-11-8-17(25)24(10-15(11)16-9-23(3)22-12(16)2)13-4-6-14(7-5-13)26-18(19,20)21;1-8-5-12(16-4)13-6-10(8)11-7-15(3)14-9(11)2;1-7-4-11(15)12-5-9(7)10-6-14(3)13-8(10)2;9-7(10,11)14-6-3-1-5(2-4-6)8(12)13;1-5-3-7(11-2)9-4-6(5)12-8-10;1-4(7)5(6)3-8-2;5*1-3-4(2)5;/h4-10H,1-3H3;5-7H,1-4H3;4-6H,1-3H3,(H,12,15);1-4,12-13H;3-4,10H,1-2H3;3H,7H2,1-2H3;5*4H,3H2,1-2H3;1H4. The van der Waals surface area contributed by atoms with Gasteiger partial charge in [0, 0.05) is 160 Å². The number of nitrogens with one attached hydrogen (secondary N) is 1. The number of nitrogens with two attached hydrogens (primary N) is 1. The van der Waals surface area contributed by atoms with Crippen LogP contribution < -0.4 is 45.9 Å². The molecule has 651 valence electrons. The number of nitrogens with zero attached hydrogens (tertiary/aromatic N) is 10. The van der Waals surface area contributed by atoms with Crippen LogP contribution in [0.3, 0.4) is 0 Å². The summed E-state index contributed by atoms with van der Waals surface area (Å²) in [6.07, 6.45) is 11.2. The summed E-state index contributed by atoms with van der Waals surface area (Å²) in [4.78, 5) is 38.0. The van der Waals surface area contributed by atoms with E-state index in [2.05, 4.69) is 243 Å². The Morgan fingerprint density at radius 2 is 0.932 bits per heavy atom. The monoisotopic (exact) mass is 2270 g/mol. The number of rotatable bonds is 17. The Hall–Kier alpha value is -5.80. The van der Waals surface area contributed by atoms with Crippen molar-refractivity contribution in [1.82, 2.24) is 48.9 Å². The minimum absolute atomic E-state index is 0. The second-order valence-corrected chi connectivity index (χ2v) is 37.0. The highest BCUT2D eigenvalue weighted by molar-refractivity contribution is 14.1. The molecule has 9 aromatic rings. The van der Waals surface area contributed by atoms with Crippen LogP contribution in [-0.4, -0.2) is 139 Å². The van der Waals surface area contributed by atoms with Gasteiger partial charge in [0.15, 0.2) is 0 Å². The third kappa shape index (κ3) is 50.9. The number of aromatic nitrogens is 10. The Kier molecular flexibility index (Phi) is 60.6. The fourth-order valence-corrected chi connectivity index (χ4v) is 8.37. The molecule has 22 nitrogen and oxygen atoms in total. The average Bonchev–Trinajstić information content (AvgIpc) is 1.78. The summed E-state index contributed by atoms with van der Waals surface area (Å²) >= 11 is 15.2. The maximum Gasteiger partial charge on any atom is 0.573 e. The van der Waals surface area contributed by atoms with E-state index in [1.807, 2.05) is 105 Å². The highest BCUT2D eigenvalue weighted by atomic mass is 127. The molecule has 9 rings (SSSR count). The van der Waals surface area contributed by atoms with Gasteiger partial charge >= 0.3 is 27.5 Å². The van der Waals surface area contributed by atoms with Gasteiger partial charge in [0.05, 0.1) is 42.0 Å². The van der Waals surface area contributed by atoms with Gasteiger partial charge in [-0.2, -0.15) is 15.3 Å². The van der Waals surface area contributed by atoms with Crippen LogP contribution in [0.15, 0.2) is 141 Å². The van der Waals surface area contributed by atoms with Crippen LogP contribution in [0.2, 0.25) is 0 Å². The third-order valence-electron chi connectivity index (χ3n) is 15.2. The van der Waals surface area contributed by atoms with E-state index in [9.17, 15) is 35.9 Å². The van der Waals surface area contributed by atoms with E-state index in [0.717, 1.165) is 127 Å². The highest BCUT2D eigenvalue weighted by Crippen LogP contribution is 2.30. The van der Waals surface area contributed by atoms with Gasteiger partial charge in [-0.25, -0.2) is 9.97 Å². The fraction of sp³-hybridized carbons (Fsp3) is 0.457. The number of benzene rings is 2. The van der Waals surface area contributed by atoms with Crippen molar-refractivity contribution in [2.45, 2.75) is 197 Å². The molecule has 2 aromatic carbocycles. The average molecular weight is 2270 g/mol. The van der Waals surface area contributed by atoms with Crippen LogP contribution in [0.5, 0.6) is 29.0 Å². The number of aromatic amines is 1. The summed E-state index contributed by atoms with van der Waals surface area (Å²) in [6.45, 7) is 37.3. The zero-order valence-corrected chi connectivity index (χ0v) is 82.8. The second-order valence-electron chi connectivity index (χ2n) is 25.5. The SMILES string of the molecule is C.CCC(C)I.CCC(C)I.CCC(C)I.CCC(C)I.CCC(C)I.CN=CC(Br)=C(C)N.COc1cc(C)c(-c2cn(C)nc2C)cn1.COc1cc(C)c(O[B]O)cn1.Cc1cc(=O)[nH]cc1-c1cn(C)nc1C.Cc1cc(=O)n(-c2ccc(OC(F)(F)F)cc2)cc1-c1cn(C)nc1C.OB(O)c1ccc(OC(F)(F)F)cc1. The van der Waals surface area contributed by atoms with Gasteiger partial charge in [-0.3, -0.25) is 33.2 Å². The predicted octanol–water partition coefficient (Wildman–Crippen LogP) is 20.8. The van der Waals surface area contributed by atoms with Gasteiger partial charge in [-0.15, -0.1) is 26.3 Å². The number of allylic oxidation sites excluding steroid dienone is 2. The molecule has 117 heavy (non-hydrogen) atoms. The first-order chi connectivity index (χ1) is 54.0. The number of alkyl halides is 11. The van der Waals surface area contributed by atoms with E-state index in [0.29, 0.717) is 30.9 Å². The van der Waals surface area contributed by atoms with Crippen molar-refractivity contribution >= 4 is 155 Å². The first kappa shape index (κ1) is 115. The van der Waals surface area contributed by atoms with E-state index in [-0.39, 0.29) is 29.8 Å². The molecule has 7 aromatic heterocycles. The molecule has 0 saturated carbocycles. The molecule has 36 heteroatoms. The molecule has 0 amide bonds. The quantitative estimate of drug-likeness (QED) is 0.0186. The van der Waals surface area contributed by atoms with Gasteiger partial charge in [-0.05, 0) is 168 Å². The van der Waals surface area contributed by atoms with Crippen molar-refractivity contribution in [3.8, 4) is 68.1 Å². The summed E-state index contributed by atoms with van der Waals surface area (Å²) in [7, 11) is 9.40. The highest BCUT2D eigenvalue weighted by Gasteiger charge is 2.32. The minimum atomic E-state index is -4.76. The number of H-pyrrole nitrogens is 1. The lowest BCUT2D eigenvalue weighted by Crippen LogP contribution is -2.29. The molecule has 0 bridgehead atoms. The summed E-state index contributed by atoms with van der Waals surface area (Å²) in [5.41, 5.74) is 18.9. The molecule has 5 atom stereocenters. The van der Waals surface area contributed by atoms with Gasteiger partial charge < -0.3 is 49.4 Å². The number of aliphatic imine (C=N–C) groups is 1. The molecule has 5 unspecified atom stereocenters. The molecule has 0 aliphatic carbocycles. The summed E-state index contributed by atoms with van der Waals surface area (Å²) in [5, 5.41) is 38.6. The number of halogens is 12. The van der Waals surface area contributed by atoms with Gasteiger partial charge in [-0.1, -0.05) is 202 Å². The molecule has 7 heterocycles. The first-order valence-corrected chi connectivity index (χ1v) is 43.5. The van der Waals surface area contributed by atoms with Crippen LogP contribution in [0.25, 0.3) is 39.1 Å². The maximum absolute atomic E-state index is 12.4. The van der Waals surface area contributed by atoms with E-state index in [1.54, 1.807) is 68.4 Å². The molecule has 0 saturated heterocycles. The Bertz CT molecular complexity index is 4380. The summed E-state index contributed by atoms with van der Waals surface area (Å²) in [5.74, 6) is 0.936. The Morgan fingerprint density at radius 1 is 0.581 bits per heavy atom. The van der Waals surface area contributed by atoms with E-state index in [4.69, 9.17) is 34.9 Å². The van der Waals surface area contributed by atoms with E-state index in [1.165, 1.54) is 73.2 Å². The van der Waals surface area contributed by atoms with Crippen molar-refractivity contribution < 1.29 is 65.0 Å². The minimum Gasteiger partial charge on any atom is -0.536 e. The van der Waals surface area contributed by atoms with Crippen molar-refractivity contribution in [1.29, 1.82) is 0 Å². The predicted molar refractivity (Wildman–Crippen MR) is 515 cm³/mol. The Labute approximate surface area is 765 Å². The summed E-state index contributed by atoms with van der Waals surface area (Å²) < 4.78 is 106. The first-order valence-electron chi connectivity index (χ1n) is 36.4. The maximum atomic E-state index is 12.4. The molecular weight excluding hydrogens is 2150 g/mol.